The molecule has 0 aromatic rings. The van der Waals surface area contributed by atoms with Gasteiger partial charge >= 0.3 is 0 Å². The molecule has 0 amide bonds. The van der Waals surface area contributed by atoms with Gasteiger partial charge in [0.2, 0.25) is 0 Å². The lowest BCUT2D eigenvalue weighted by Gasteiger charge is -2.57. The van der Waals surface area contributed by atoms with Crippen LogP contribution in [0.4, 0.5) is 0 Å². The monoisotopic (exact) mass is 279 g/mol. The number of hydrogen-bond donors (Lipinski definition) is 0. The predicted octanol–water partition coefficient (Wildman–Crippen LogP) is 2.28. The van der Waals surface area contributed by atoms with Crippen molar-refractivity contribution in [2.45, 2.75) is 58.0 Å². The summed E-state index contributed by atoms with van der Waals surface area (Å²) in [6, 6.07) is 0.874. The van der Waals surface area contributed by atoms with Crippen LogP contribution in [-0.4, -0.2) is 72.6 Å². The van der Waals surface area contributed by atoms with Crippen LogP contribution in [0.3, 0.4) is 0 Å². The van der Waals surface area contributed by atoms with Crippen LogP contribution in [0.2, 0.25) is 0 Å². The highest BCUT2D eigenvalue weighted by Gasteiger charge is 2.46. The van der Waals surface area contributed by atoms with E-state index in [1.165, 1.54) is 65.0 Å². The lowest BCUT2D eigenvalue weighted by atomic mass is 9.71. The fraction of sp³-hybridized carbons (Fsp3) is 1.00. The van der Waals surface area contributed by atoms with Gasteiger partial charge in [-0.15, -0.1) is 0 Å². The maximum Gasteiger partial charge on any atom is 0.0125 e. The molecule has 0 aromatic heterocycles. The average Bonchev–Trinajstić information content (AvgIpc) is 2.37. The number of hydrogen-bond acceptors (Lipinski definition) is 3. The van der Waals surface area contributed by atoms with Crippen LogP contribution in [0.1, 0.15) is 46.5 Å². The van der Waals surface area contributed by atoms with Crippen LogP contribution in [0.15, 0.2) is 0 Å². The number of likely N-dealkylation sites (tertiary alicyclic amines) is 3. The van der Waals surface area contributed by atoms with Gasteiger partial charge in [0.15, 0.2) is 0 Å². The maximum absolute atomic E-state index is 2.80. The third kappa shape index (κ3) is 2.90. The normalized spacial score (nSPS) is 30.6. The standard InChI is InChI=1S/C17H33N3/c1-16(2,3)20-9-5-15(6-10-20)19-13-17(14-19)7-11-18(4)12-8-17/h15H,5-14H2,1-4H3. The van der Waals surface area contributed by atoms with E-state index in [9.17, 15) is 0 Å². The van der Waals surface area contributed by atoms with Crippen molar-refractivity contribution < 1.29 is 0 Å². The Morgan fingerprint density at radius 3 is 1.95 bits per heavy atom. The van der Waals surface area contributed by atoms with Gasteiger partial charge in [0, 0.05) is 37.8 Å². The third-order valence-electron chi connectivity index (χ3n) is 6.05. The maximum atomic E-state index is 2.80. The molecule has 3 aliphatic heterocycles. The molecule has 116 valence electrons. The van der Waals surface area contributed by atoms with Crippen molar-refractivity contribution >= 4 is 0 Å². The van der Waals surface area contributed by atoms with Gasteiger partial charge in [-0.2, -0.15) is 0 Å². The number of nitrogens with zero attached hydrogens (tertiary/aromatic N) is 3. The molecule has 3 heterocycles. The number of rotatable bonds is 1. The Hall–Kier alpha value is -0.120. The van der Waals surface area contributed by atoms with Crippen molar-refractivity contribution in [3.8, 4) is 0 Å². The summed E-state index contributed by atoms with van der Waals surface area (Å²) in [5.41, 5.74) is 1.06. The van der Waals surface area contributed by atoms with Crippen molar-refractivity contribution in [3.05, 3.63) is 0 Å². The van der Waals surface area contributed by atoms with Crippen molar-refractivity contribution in [1.29, 1.82) is 0 Å². The molecular formula is C17H33N3. The molecule has 0 N–H and O–H groups in total. The van der Waals surface area contributed by atoms with Crippen molar-refractivity contribution in [2.75, 3.05) is 46.3 Å². The summed E-state index contributed by atoms with van der Waals surface area (Å²) in [4.78, 5) is 7.95. The molecule has 0 bridgehead atoms. The zero-order chi connectivity index (χ0) is 14.4. The van der Waals surface area contributed by atoms with Gasteiger partial charge in [-0.1, -0.05) is 0 Å². The molecular weight excluding hydrogens is 246 g/mol. The molecule has 3 saturated heterocycles. The smallest absolute Gasteiger partial charge is 0.0125 e. The molecule has 3 nitrogen and oxygen atoms in total. The van der Waals surface area contributed by atoms with E-state index in [1.807, 2.05) is 0 Å². The minimum absolute atomic E-state index is 0.356. The zero-order valence-corrected chi connectivity index (χ0v) is 14.0. The van der Waals surface area contributed by atoms with Gasteiger partial charge in [-0.25, -0.2) is 0 Å². The van der Waals surface area contributed by atoms with Gasteiger partial charge in [-0.3, -0.25) is 9.80 Å². The summed E-state index contributed by atoms with van der Waals surface area (Å²) in [6.45, 7) is 15.1. The molecule has 3 heteroatoms. The van der Waals surface area contributed by atoms with E-state index in [2.05, 4.69) is 42.5 Å². The van der Waals surface area contributed by atoms with Crippen LogP contribution in [-0.2, 0) is 0 Å². The number of piperidine rings is 2. The van der Waals surface area contributed by atoms with Crippen molar-refractivity contribution in [3.63, 3.8) is 0 Å². The first-order valence-corrected chi connectivity index (χ1v) is 8.56. The van der Waals surface area contributed by atoms with Gasteiger partial charge in [0.1, 0.15) is 0 Å². The molecule has 0 aliphatic carbocycles. The van der Waals surface area contributed by atoms with Crippen molar-refractivity contribution in [2.24, 2.45) is 5.41 Å². The molecule has 0 atom stereocenters. The molecule has 0 aromatic carbocycles. The summed E-state index contributed by atoms with van der Waals surface area (Å²) < 4.78 is 0. The quantitative estimate of drug-likeness (QED) is 0.729. The topological polar surface area (TPSA) is 9.72 Å². The average molecular weight is 279 g/mol. The minimum Gasteiger partial charge on any atom is -0.306 e. The van der Waals surface area contributed by atoms with E-state index in [0.29, 0.717) is 11.0 Å². The Balaban J connectivity index is 1.45. The zero-order valence-electron chi connectivity index (χ0n) is 14.0. The molecule has 0 unspecified atom stereocenters. The molecule has 3 aliphatic rings. The Morgan fingerprint density at radius 1 is 0.900 bits per heavy atom. The molecule has 3 fully saturated rings. The van der Waals surface area contributed by atoms with E-state index in [0.717, 1.165) is 6.04 Å². The first-order chi connectivity index (χ1) is 9.38. The Kier molecular flexibility index (Phi) is 3.89. The van der Waals surface area contributed by atoms with Crippen LogP contribution < -0.4 is 0 Å². The Morgan fingerprint density at radius 2 is 1.45 bits per heavy atom. The van der Waals surface area contributed by atoms with E-state index >= 15 is 0 Å². The summed E-state index contributed by atoms with van der Waals surface area (Å²) >= 11 is 0. The molecule has 3 rings (SSSR count). The predicted molar refractivity (Wildman–Crippen MR) is 85.1 cm³/mol. The lowest BCUT2D eigenvalue weighted by Crippen LogP contribution is -2.64. The fourth-order valence-electron chi connectivity index (χ4n) is 4.38. The highest BCUT2D eigenvalue weighted by molar-refractivity contribution is 5.01. The first kappa shape index (κ1) is 14.8. The Labute approximate surface area is 125 Å². The molecule has 0 radical (unpaired) electrons. The van der Waals surface area contributed by atoms with Gasteiger partial charge < -0.3 is 4.90 Å². The van der Waals surface area contributed by atoms with Crippen LogP contribution in [0.5, 0.6) is 0 Å². The second-order valence-electron chi connectivity index (χ2n) is 8.60. The second kappa shape index (κ2) is 5.26. The van der Waals surface area contributed by atoms with Crippen LogP contribution in [0, 0.1) is 5.41 Å². The van der Waals surface area contributed by atoms with Gasteiger partial charge in [0.05, 0.1) is 0 Å². The summed E-state index contributed by atoms with van der Waals surface area (Å²) in [5.74, 6) is 0. The van der Waals surface area contributed by atoms with Gasteiger partial charge in [-0.05, 0) is 72.0 Å². The lowest BCUT2D eigenvalue weighted by molar-refractivity contribution is -0.0816. The van der Waals surface area contributed by atoms with Crippen molar-refractivity contribution in [1.82, 2.24) is 14.7 Å². The Bertz CT molecular complexity index is 323. The van der Waals surface area contributed by atoms with Crippen LogP contribution in [0.25, 0.3) is 0 Å². The fourth-order valence-corrected chi connectivity index (χ4v) is 4.38. The van der Waals surface area contributed by atoms with E-state index in [1.54, 1.807) is 0 Å². The highest BCUT2D eigenvalue weighted by Crippen LogP contribution is 2.42. The van der Waals surface area contributed by atoms with Crippen LogP contribution >= 0.6 is 0 Å². The summed E-state index contributed by atoms with van der Waals surface area (Å²) in [5, 5.41) is 0. The minimum atomic E-state index is 0.356. The molecule has 1 spiro atoms. The molecule has 20 heavy (non-hydrogen) atoms. The van der Waals surface area contributed by atoms with E-state index in [4.69, 9.17) is 0 Å². The highest BCUT2D eigenvalue weighted by atomic mass is 15.3. The first-order valence-electron chi connectivity index (χ1n) is 8.56. The largest absolute Gasteiger partial charge is 0.306 e. The summed E-state index contributed by atoms with van der Waals surface area (Å²) in [6.07, 6.45) is 5.63. The molecule has 0 saturated carbocycles. The van der Waals surface area contributed by atoms with E-state index < -0.39 is 0 Å². The van der Waals surface area contributed by atoms with E-state index in [-0.39, 0.29) is 0 Å². The third-order valence-corrected chi connectivity index (χ3v) is 6.05. The second-order valence-corrected chi connectivity index (χ2v) is 8.60. The van der Waals surface area contributed by atoms with Gasteiger partial charge in [0.25, 0.3) is 0 Å². The SMILES string of the molecule is CN1CCC2(CC1)CN(C1CCN(C(C)(C)C)CC1)C2. The summed E-state index contributed by atoms with van der Waals surface area (Å²) in [7, 11) is 2.27.